The van der Waals surface area contributed by atoms with E-state index in [-0.39, 0.29) is 6.10 Å². The first-order valence-corrected chi connectivity index (χ1v) is 5.48. The van der Waals surface area contributed by atoms with E-state index < -0.39 is 0 Å². The van der Waals surface area contributed by atoms with E-state index in [9.17, 15) is 0 Å². The van der Waals surface area contributed by atoms with Crippen molar-refractivity contribution in [1.29, 1.82) is 0 Å². The van der Waals surface area contributed by atoms with Crippen molar-refractivity contribution in [3.05, 3.63) is 35.8 Å². The lowest BCUT2D eigenvalue weighted by molar-refractivity contribution is 0.191. The SMILES string of the molecule is Cc1ccn2c(CNC[C@@H](C)O)cnc2c1. The predicted octanol–water partition coefficient (Wildman–Crippen LogP) is 1.11. The molecule has 1 atom stereocenters. The number of nitrogens with one attached hydrogen (secondary N) is 1. The number of pyridine rings is 1. The third kappa shape index (κ3) is 2.40. The van der Waals surface area contributed by atoms with E-state index in [1.54, 1.807) is 6.92 Å². The molecule has 4 heteroatoms. The molecule has 0 spiro atoms. The molecule has 0 amide bonds. The molecule has 0 aliphatic heterocycles. The van der Waals surface area contributed by atoms with Crippen LogP contribution >= 0.6 is 0 Å². The van der Waals surface area contributed by atoms with Crippen LogP contribution < -0.4 is 5.32 Å². The van der Waals surface area contributed by atoms with Gasteiger partial charge in [0.15, 0.2) is 0 Å². The molecule has 2 heterocycles. The number of imidazole rings is 1. The van der Waals surface area contributed by atoms with E-state index in [2.05, 4.69) is 33.8 Å². The quantitative estimate of drug-likeness (QED) is 0.810. The molecule has 0 bridgehead atoms. The molecule has 2 N–H and O–H groups in total. The number of aromatic nitrogens is 2. The highest BCUT2D eigenvalue weighted by atomic mass is 16.3. The lowest BCUT2D eigenvalue weighted by Gasteiger charge is -2.06. The second kappa shape index (κ2) is 4.63. The van der Waals surface area contributed by atoms with Crippen molar-refractivity contribution in [2.75, 3.05) is 6.54 Å². The molecule has 0 aliphatic carbocycles. The average molecular weight is 219 g/mol. The summed E-state index contributed by atoms with van der Waals surface area (Å²) in [6, 6.07) is 4.12. The van der Waals surface area contributed by atoms with E-state index >= 15 is 0 Å². The predicted molar refractivity (Wildman–Crippen MR) is 63.3 cm³/mol. The summed E-state index contributed by atoms with van der Waals surface area (Å²) in [5.41, 5.74) is 3.28. The van der Waals surface area contributed by atoms with Gasteiger partial charge in [0.05, 0.1) is 18.0 Å². The van der Waals surface area contributed by atoms with E-state index in [0.717, 1.165) is 17.9 Å². The largest absolute Gasteiger partial charge is 0.392 e. The molecule has 86 valence electrons. The number of hydrogen-bond acceptors (Lipinski definition) is 3. The van der Waals surface area contributed by atoms with Gasteiger partial charge in [0.1, 0.15) is 5.65 Å². The fraction of sp³-hybridized carbons (Fsp3) is 0.417. The molecule has 0 aromatic carbocycles. The normalized spacial score (nSPS) is 13.2. The third-order valence-electron chi connectivity index (χ3n) is 2.49. The molecule has 0 unspecified atom stereocenters. The Balaban J connectivity index is 2.13. The summed E-state index contributed by atoms with van der Waals surface area (Å²) in [4.78, 5) is 4.34. The van der Waals surface area contributed by atoms with Gasteiger partial charge in [0, 0.05) is 19.3 Å². The third-order valence-corrected chi connectivity index (χ3v) is 2.49. The Hall–Kier alpha value is -1.39. The zero-order valence-electron chi connectivity index (χ0n) is 9.64. The maximum absolute atomic E-state index is 9.15. The van der Waals surface area contributed by atoms with E-state index in [1.165, 1.54) is 5.56 Å². The molecule has 2 rings (SSSR count). The van der Waals surface area contributed by atoms with Crippen LogP contribution in [0.5, 0.6) is 0 Å². The van der Waals surface area contributed by atoms with Crippen molar-refractivity contribution in [3.8, 4) is 0 Å². The van der Waals surface area contributed by atoms with Crippen LogP contribution in [0.1, 0.15) is 18.2 Å². The first kappa shape index (κ1) is 11.1. The number of aryl methyl sites for hydroxylation is 1. The molecule has 0 fully saturated rings. The van der Waals surface area contributed by atoms with Crippen molar-refractivity contribution in [2.24, 2.45) is 0 Å². The minimum absolute atomic E-state index is 0.318. The zero-order chi connectivity index (χ0) is 11.5. The van der Waals surface area contributed by atoms with Crippen LogP contribution in [0.25, 0.3) is 5.65 Å². The monoisotopic (exact) mass is 219 g/mol. The second-order valence-electron chi connectivity index (χ2n) is 4.16. The Morgan fingerprint density at radius 3 is 3.12 bits per heavy atom. The van der Waals surface area contributed by atoms with Gasteiger partial charge in [-0.3, -0.25) is 0 Å². The number of fused-ring (bicyclic) bond motifs is 1. The van der Waals surface area contributed by atoms with Gasteiger partial charge in [0.2, 0.25) is 0 Å². The molecule has 2 aromatic rings. The van der Waals surface area contributed by atoms with Crippen LogP contribution in [-0.2, 0) is 6.54 Å². The number of nitrogens with zero attached hydrogens (tertiary/aromatic N) is 2. The van der Waals surface area contributed by atoms with Crippen LogP contribution in [0.15, 0.2) is 24.5 Å². The topological polar surface area (TPSA) is 49.6 Å². The highest BCUT2D eigenvalue weighted by Crippen LogP contribution is 2.08. The highest BCUT2D eigenvalue weighted by molar-refractivity contribution is 5.42. The van der Waals surface area contributed by atoms with Crippen molar-refractivity contribution >= 4 is 5.65 Å². The zero-order valence-corrected chi connectivity index (χ0v) is 9.64. The van der Waals surface area contributed by atoms with Crippen LogP contribution in [0.3, 0.4) is 0 Å². The highest BCUT2D eigenvalue weighted by Gasteiger charge is 2.03. The van der Waals surface area contributed by atoms with Gasteiger partial charge in [-0.1, -0.05) is 0 Å². The summed E-state index contributed by atoms with van der Waals surface area (Å²) in [7, 11) is 0. The van der Waals surface area contributed by atoms with Gasteiger partial charge >= 0.3 is 0 Å². The first-order valence-electron chi connectivity index (χ1n) is 5.48. The minimum Gasteiger partial charge on any atom is -0.392 e. The van der Waals surface area contributed by atoms with Gasteiger partial charge in [-0.25, -0.2) is 4.98 Å². The molecular formula is C12H17N3O. The lowest BCUT2D eigenvalue weighted by atomic mass is 10.3. The Labute approximate surface area is 94.9 Å². The van der Waals surface area contributed by atoms with Gasteiger partial charge in [-0.2, -0.15) is 0 Å². The average Bonchev–Trinajstić information content (AvgIpc) is 2.60. The molecule has 16 heavy (non-hydrogen) atoms. The first-order chi connectivity index (χ1) is 7.66. The number of aliphatic hydroxyl groups is 1. The van der Waals surface area contributed by atoms with Crippen molar-refractivity contribution in [3.63, 3.8) is 0 Å². The summed E-state index contributed by atoms with van der Waals surface area (Å²) < 4.78 is 2.06. The number of hydrogen-bond donors (Lipinski definition) is 2. The van der Waals surface area contributed by atoms with E-state index in [4.69, 9.17) is 5.11 Å². The maximum atomic E-state index is 9.15. The van der Waals surface area contributed by atoms with Crippen LogP contribution in [0.2, 0.25) is 0 Å². The maximum Gasteiger partial charge on any atom is 0.137 e. The summed E-state index contributed by atoms with van der Waals surface area (Å²) in [6.07, 6.45) is 3.57. The van der Waals surface area contributed by atoms with Crippen LogP contribution in [0.4, 0.5) is 0 Å². The van der Waals surface area contributed by atoms with Crippen molar-refractivity contribution in [2.45, 2.75) is 26.5 Å². The number of rotatable bonds is 4. The molecule has 0 saturated carbocycles. The van der Waals surface area contributed by atoms with Gasteiger partial charge in [-0.05, 0) is 31.5 Å². The molecule has 0 aliphatic rings. The molecule has 0 radical (unpaired) electrons. The van der Waals surface area contributed by atoms with Crippen LogP contribution in [-0.4, -0.2) is 27.1 Å². The number of aliphatic hydroxyl groups excluding tert-OH is 1. The van der Waals surface area contributed by atoms with Crippen LogP contribution in [0, 0.1) is 6.92 Å². The smallest absolute Gasteiger partial charge is 0.137 e. The second-order valence-corrected chi connectivity index (χ2v) is 4.16. The summed E-state index contributed by atoms with van der Waals surface area (Å²) in [5, 5.41) is 12.3. The minimum atomic E-state index is -0.318. The fourth-order valence-electron chi connectivity index (χ4n) is 1.67. The molecular weight excluding hydrogens is 202 g/mol. The van der Waals surface area contributed by atoms with Crippen molar-refractivity contribution < 1.29 is 5.11 Å². The molecule has 4 nitrogen and oxygen atoms in total. The van der Waals surface area contributed by atoms with Gasteiger partial charge in [0.25, 0.3) is 0 Å². The molecule has 2 aromatic heterocycles. The summed E-state index contributed by atoms with van der Waals surface area (Å²) >= 11 is 0. The van der Waals surface area contributed by atoms with E-state index in [1.807, 2.05) is 12.4 Å². The fourth-order valence-corrected chi connectivity index (χ4v) is 1.67. The Morgan fingerprint density at radius 2 is 2.38 bits per heavy atom. The Bertz CT molecular complexity index is 476. The molecule has 0 saturated heterocycles. The van der Waals surface area contributed by atoms with Crippen molar-refractivity contribution in [1.82, 2.24) is 14.7 Å². The Kier molecular flexibility index (Phi) is 3.22. The standard InChI is InChI=1S/C12H17N3O/c1-9-3-4-15-11(7-13-6-10(2)16)8-14-12(15)5-9/h3-5,8,10,13,16H,6-7H2,1-2H3/t10-/m1/s1. The van der Waals surface area contributed by atoms with Gasteiger partial charge < -0.3 is 14.8 Å². The lowest BCUT2D eigenvalue weighted by Crippen LogP contribution is -2.24. The van der Waals surface area contributed by atoms with E-state index in [0.29, 0.717) is 6.54 Å². The Morgan fingerprint density at radius 1 is 1.56 bits per heavy atom. The summed E-state index contributed by atoms with van der Waals surface area (Å²) in [5.74, 6) is 0. The summed E-state index contributed by atoms with van der Waals surface area (Å²) in [6.45, 7) is 5.14. The van der Waals surface area contributed by atoms with Gasteiger partial charge in [-0.15, -0.1) is 0 Å².